The first-order chi connectivity index (χ1) is 8.83. The summed E-state index contributed by atoms with van der Waals surface area (Å²) >= 11 is 0. The van der Waals surface area contributed by atoms with Crippen LogP contribution in [0.2, 0.25) is 0 Å². The van der Waals surface area contributed by atoms with Crippen LogP contribution < -0.4 is 10.1 Å². The molecule has 0 spiro atoms. The van der Waals surface area contributed by atoms with Crippen molar-refractivity contribution in [2.24, 2.45) is 0 Å². The molecule has 0 aliphatic carbocycles. The number of nitrogens with one attached hydrogen (secondary N) is 1. The Morgan fingerprint density at radius 2 is 2.00 bits per heavy atom. The van der Waals surface area contributed by atoms with E-state index in [1.807, 2.05) is 30.3 Å². The molecule has 0 heterocycles. The minimum absolute atomic E-state index is 0.315. The number of unbranched alkanes of at least 4 members (excludes halogenated alkanes) is 1. The SMILES string of the molecule is COCCCCNCC(O)COc1ccccc1. The van der Waals surface area contributed by atoms with Gasteiger partial charge in [-0.2, -0.15) is 0 Å². The first-order valence-electron chi connectivity index (χ1n) is 6.38. The zero-order valence-electron chi connectivity index (χ0n) is 11.0. The Morgan fingerprint density at radius 3 is 2.72 bits per heavy atom. The molecule has 0 aliphatic rings. The molecule has 1 atom stereocenters. The molecular formula is C14H23NO3. The lowest BCUT2D eigenvalue weighted by Gasteiger charge is -2.13. The van der Waals surface area contributed by atoms with Gasteiger partial charge < -0.3 is 19.9 Å². The second kappa shape index (κ2) is 9.88. The summed E-state index contributed by atoms with van der Waals surface area (Å²) in [6, 6.07) is 9.52. The van der Waals surface area contributed by atoms with Gasteiger partial charge in [-0.3, -0.25) is 0 Å². The van der Waals surface area contributed by atoms with Crippen LogP contribution in [0, 0.1) is 0 Å². The molecule has 1 unspecified atom stereocenters. The summed E-state index contributed by atoms with van der Waals surface area (Å²) in [5.74, 6) is 0.789. The summed E-state index contributed by atoms with van der Waals surface area (Å²) in [6.07, 6.45) is 1.62. The highest BCUT2D eigenvalue weighted by atomic mass is 16.5. The number of para-hydroxylation sites is 1. The molecule has 4 nitrogen and oxygen atoms in total. The van der Waals surface area contributed by atoms with Crippen LogP contribution in [0.5, 0.6) is 5.75 Å². The maximum atomic E-state index is 9.70. The molecule has 2 N–H and O–H groups in total. The molecule has 1 aromatic carbocycles. The highest BCUT2D eigenvalue weighted by Gasteiger charge is 2.04. The molecule has 1 rings (SSSR count). The van der Waals surface area contributed by atoms with Crippen molar-refractivity contribution in [3.63, 3.8) is 0 Å². The smallest absolute Gasteiger partial charge is 0.119 e. The summed E-state index contributed by atoms with van der Waals surface area (Å²) in [5, 5.41) is 12.9. The van der Waals surface area contributed by atoms with Crippen LogP contribution in [0.3, 0.4) is 0 Å². The van der Waals surface area contributed by atoms with Crippen LogP contribution in [0.1, 0.15) is 12.8 Å². The number of rotatable bonds is 10. The van der Waals surface area contributed by atoms with E-state index in [0.717, 1.165) is 31.7 Å². The quantitative estimate of drug-likeness (QED) is 0.620. The Bertz CT molecular complexity index is 292. The normalized spacial score (nSPS) is 12.3. The van der Waals surface area contributed by atoms with E-state index < -0.39 is 6.10 Å². The molecule has 1 aromatic rings. The van der Waals surface area contributed by atoms with Crippen LogP contribution in [0.15, 0.2) is 30.3 Å². The van der Waals surface area contributed by atoms with E-state index in [4.69, 9.17) is 9.47 Å². The molecule has 0 fully saturated rings. The summed E-state index contributed by atoms with van der Waals surface area (Å²) in [7, 11) is 1.71. The number of aliphatic hydroxyl groups is 1. The van der Waals surface area contributed by atoms with Gasteiger partial charge in [0.05, 0.1) is 0 Å². The van der Waals surface area contributed by atoms with Crippen LogP contribution in [-0.4, -0.2) is 44.6 Å². The topological polar surface area (TPSA) is 50.7 Å². The van der Waals surface area contributed by atoms with Crippen molar-refractivity contribution in [3.8, 4) is 5.75 Å². The van der Waals surface area contributed by atoms with Gasteiger partial charge in [0, 0.05) is 20.3 Å². The molecule has 4 heteroatoms. The standard InChI is InChI=1S/C14H23NO3/c1-17-10-6-5-9-15-11-13(16)12-18-14-7-3-2-4-8-14/h2-4,7-8,13,15-16H,5-6,9-12H2,1H3. The monoisotopic (exact) mass is 253 g/mol. The number of ether oxygens (including phenoxy) is 2. The second-order valence-electron chi connectivity index (χ2n) is 4.18. The van der Waals surface area contributed by atoms with Gasteiger partial charge in [0.1, 0.15) is 18.5 Å². The van der Waals surface area contributed by atoms with Crippen LogP contribution in [0.25, 0.3) is 0 Å². The van der Waals surface area contributed by atoms with Gasteiger partial charge in [0.2, 0.25) is 0 Å². The average molecular weight is 253 g/mol. The van der Waals surface area contributed by atoms with Crippen LogP contribution >= 0.6 is 0 Å². The second-order valence-corrected chi connectivity index (χ2v) is 4.18. The number of hydrogen-bond donors (Lipinski definition) is 2. The number of methoxy groups -OCH3 is 1. The zero-order chi connectivity index (χ0) is 13.1. The molecule has 0 bridgehead atoms. The van der Waals surface area contributed by atoms with Crippen LogP contribution in [-0.2, 0) is 4.74 Å². The Kier molecular flexibility index (Phi) is 8.21. The fraction of sp³-hybridized carbons (Fsp3) is 0.571. The van der Waals surface area contributed by atoms with E-state index in [9.17, 15) is 5.11 Å². The third-order valence-electron chi connectivity index (χ3n) is 2.52. The average Bonchev–Trinajstić information content (AvgIpc) is 2.41. The van der Waals surface area contributed by atoms with Crippen molar-refractivity contribution in [2.45, 2.75) is 18.9 Å². The van der Waals surface area contributed by atoms with Gasteiger partial charge in [0.15, 0.2) is 0 Å². The van der Waals surface area contributed by atoms with Crippen molar-refractivity contribution >= 4 is 0 Å². The first kappa shape index (κ1) is 15.0. The molecule has 102 valence electrons. The van der Waals surface area contributed by atoms with Gasteiger partial charge in [-0.25, -0.2) is 0 Å². The fourth-order valence-corrected chi connectivity index (χ4v) is 1.53. The summed E-state index contributed by atoms with van der Waals surface area (Å²) in [4.78, 5) is 0. The Labute approximate surface area is 109 Å². The largest absolute Gasteiger partial charge is 0.491 e. The Morgan fingerprint density at radius 1 is 1.22 bits per heavy atom. The van der Waals surface area contributed by atoms with Gasteiger partial charge >= 0.3 is 0 Å². The third-order valence-corrected chi connectivity index (χ3v) is 2.52. The minimum atomic E-state index is -0.479. The molecule has 0 radical (unpaired) electrons. The molecule has 0 saturated heterocycles. The number of hydrogen-bond acceptors (Lipinski definition) is 4. The molecule has 0 aliphatic heterocycles. The van der Waals surface area contributed by atoms with Crippen molar-refractivity contribution < 1.29 is 14.6 Å². The number of benzene rings is 1. The van der Waals surface area contributed by atoms with E-state index in [1.54, 1.807) is 7.11 Å². The molecule has 0 aromatic heterocycles. The summed E-state index contributed by atoms with van der Waals surface area (Å²) in [6.45, 7) is 2.56. The third kappa shape index (κ3) is 7.27. The molecular weight excluding hydrogens is 230 g/mol. The van der Waals surface area contributed by atoms with Gasteiger partial charge in [0.25, 0.3) is 0 Å². The van der Waals surface area contributed by atoms with E-state index in [-0.39, 0.29) is 0 Å². The maximum absolute atomic E-state index is 9.70. The van der Waals surface area contributed by atoms with Crippen molar-refractivity contribution in [1.82, 2.24) is 5.32 Å². The highest BCUT2D eigenvalue weighted by molar-refractivity contribution is 5.20. The Hall–Kier alpha value is -1.10. The van der Waals surface area contributed by atoms with E-state index in [0.29, 0.717) is 13.2 Å². The predicted molar refractivity (Wildman–Crippen MR) is 71.9 cm³/mol. The van der Waals surface area contributed by atoms with Gasteiger partial charge in [-0.15, -0.1) is 0 Å². The molecule has 0 saturated carbocycles. The highest BCUT2D eigenvalue weighted by Crippen LogP contribution is 2.08. The minimum Gasteiger partial charge on any atom is -0.491 e. The summed E-state index contributed by atoms with van der Waals surface area (Å²) < 4.78 is 10.4. The zero-order valence-corrected chi connectivity index (χ0v) is 11.0. The van der Waals surface area contributed by atoms with E-state index in [1.165, 1.54) is 0 Å². The lowest BCUT2D eigenvalue weighted by molar-refractivity contribution is 0.106. The summed E-state index contributed by atoms with van der Waals surface area (Å²) in [5.41, 5.74) is 0. The lowest BCUT2D eigenvalue weighted by atomic mass is 10.3. The van der Waals surface area contributed by atoms with Crippen molar-refractivity contribution in [3.05, 3.63) is 30.3 Å². The lowest BCUT2D eigenvalue weighted by Crippen LogP contribution is -2.32. The number of aliphatic hydroxyl groups excluding tert-OH is 1. The van der Waals surface area contributed by atoms with Gasteiger partial charge in [-0.1, -0.05) is 18.2 Å². The molecule has 18 heavy (non-hydrogen) atoms. The first-order valence-corrected chi connectivity index (χ1v) is 6.38. The maximum Gasteiger partial charge on any atom is 0.119 e. The Balaban J connectivity index is 1.99. The van der Waals surface area contributed by atoms with Crippen molar-refractivity contribution in [2.75, 3.05) is 33.4 Å². The van der Waals surface area contributed by atoms with Crippen molar-refractivity contribution in [1.29, 1.82) is 0 Å². The molecule has 0 amide bonds. The van der Waals surface area contributed by atoms with E-state index in [2.05, 4.69) is 5.32 Å². The van der Waals surface area contributed by atoms with Crippen LogP contribution in [0.4, 0.5) is 0 Å². The van der Waals surface area contributed by atoms with Gasteiger partial charge in [-0.05, 0) is 31.5 Å². The van der Waals surface area contributed by atoms with E-state index >= 15 is 0 Å². The fourth-order valence-electron chi connectivity index (χ4n) is 1.53. The predicted octanol–water partition coefficient (Wildman–Crippen LogP) is 1.44.